The van der Waals surface area contributed by atoms with Crippen LogP contribution in [0.3, 0.4) is 0 Å². The maximum Gasteiger partial charge on any atom is 0.0708 e. The lowest BCUT2D eigenvalue weighted by Crippen LogP contribution is -2.35. The van der Waals surface area contributed by atoms with Gasteiger partial charge in [0.25, 0.3) is 0 Å². The number of rotatable bonds is 6. The second-order valence-corrected chi connectivity index (χ2v) is 6.30. The molecule has 1 spiro atoms. The zero-order valence-corrected chi connectivity index (χ0v) is 11.8. The molecule has 1 saturated heterocycles. The van der Waals surface area contributed by atoms with Gasteiger partial charge < -0.3 is 15.2 Å². The largest absolute Gasteiger partial charge is 0.396 e. The predicted octanol–water partition coefficient (Wildman–Crippen LogP) is 2.48. The summed E-state index contributed by atoms with van der Waals surface area (Å²) < 4.78 is 6.32. The van der Waals surface area contributed by atoms with E-state index < -0.39 is 0 Å². The quantitative estimate of drug-likeness (QED) is 0.766. The highest BCUT2D eigenvalue weighted by atomic mass is 16.5. The van der Waals surface area contributed by atoms with Crippen molar-refractivity contribution >= 4 is 0 Å². The molecule has 18 heavy (non-hydrogen) atoms. The van der Waals surface area contributed by atoms with E-state index in [2.05, 4.69) is 12.2 Å². The molecule has 0 aromatic rings. The molecule has 1 aliphatic carbocycles. The van der Waals surface area contributed by atoms with Gasteiger partial charge in [0.2, 0.25) is 0 Å². The van der Waals surface area contributed by atoms with Gasteiger partial charge in [0.1, 0.15) is 0 Å². The second-order valence-electron chi connectivity index (χ2n) is 6.30. The first-order valence-electron chi connectivity index (χ1n) is 7.73. The molecule has 1 heterocycles. The van der Waals surface area contributed by atoms with Crippen molar-refractivity contribution in [3.8, 4) is 0 Å². The average Bonchev–Trinajstić information content (AvgIpc) is 2.74. The summed E-state index contributed by atoms with van der Waals surface area (Å²) in [6.07, 6.45) is 10.5. The Labute approximate surface area is 111 Å². The van der Waals surface area contributed by atoms with Gasteiger partial charge in [-0.1, -0.05) is 26.2 Å². The van der Waals surface area contributed by atoms with E-state index in [4.69, 9.17) is 9.84 Å². The number of hydrogen-bond donors (Lipinski definition) is 2. The minimum Gasteiger partial charge on any atom is -0.396 e. The van der Waals surface area contributed by atoms with E-state index in [1.807, 2.05) is 0 Å². The van der Waals surface area contributed by atoms with Crippen LogP contribution in [0.5, 0.6) is 0 Å². The van der Waals surface area contributed by atoms with E-state index in [9.17, 15) is 0 Å². The van der Waals surface area contributed by atoms with Crippen molar-refractivity contribution < 1.29 is 9.84 Å². The van der Waals surface area contributed by atoms with Crippen molar-refractivity contribution in [3.63, 3.8) is 0 Å². The lowest BCUT2D eigenvalue weighted by atomic mass is 9.83. The summed E-state index contributed by atoms with van der Waals surface area (Å²) in [7, 11) is 0. The van der Waals surface area contributed by atoms with E-state index in [0.717, 1.165) is 19.5 Å². The number of nitrogens with one attached hydrogen (secondary N) is 1. The summed E-state index contributed by atoms with van der Waals surface area (Å²) in [5, 5.41) is 12.4. The number of hydrogen-bond acceptors (Lipinski definition) is 3. The molecule has 0 aromatic heterocycles. The standard InChI is InChI=1S/C15H29NO2/c1-13(6-10-17)11-16-12-14-5-9-15(18-14)7-3-2-4-8-15/h13-14,16-17H,2-12H2,1H3. The Morgan fingerprint density at radius 3 is 2.78 bits per heavy atom. The summed E-state index contributed by atoms with van der Waals surface area (Å²) in [5.41, 5.74) is 0.251. The van der Waals surface area contributed by atoms with Crippen LogP contribution in [-0.4, -0.2) is 36.5 Å². The fourth-order valence-corrected chi connectivity index (χ4v) is 3.42. The fourth-order valence-electron chi connectivity index (χ4n) is 3.42. The van der Waals surface area contributed by atoms with Crippen molar-refractivity contribution in [3.05, 3.63) is 0 Å². The van der Waals surface area contributed by atoms with E-state index in [-0.39, 0.29) is 5.60 Å². The summed E-state index contributed by atoms with van der Waals surface area (Å²) in [4.78, 5) is 0. The molecular weight excluding hydrogens is 226 g/mol. The predicted molar refractivity (Wildman–Crippen MR) is 73.7 cm³/mol. The summed E-state index contributed by atoms with van der Waals surface area (Å²) in [5.74, 6) is 0.556. The van der Waals surface area contributed by atoms with Gasteiger partial charge in [0.15, 0.2) is 0 Å². The Hall–Kier alpha value is -0.120. The lowest BCUT2D eigenvalue weighted by Gasteiger charge is -2.33. The van der Waals surface area contributed by atoms with Crippen molar-refractivity contribution in [2.24, 2.45) is 5.92 Å². The Morgan fingerprint density at radius 2 is 2.06 bits per heavy atom. The second kappa shape index (κ2) is 6.88. The first kappa shape index (κ1) is 14.3. The van der Waals surface area contributed by atoms with Crippen molar-refractivity contribution in [2.75, 3.05) is 19.7 Å². The average molecular weight is 255 g/mol. The Kier molecular flexibility index (Phi) is 5.46. The normalized spacial score (nSPS) is 28.7. The summed E-state index contributed by atoms with van der Waals surface area (Å²) in [6.45, 7) is 4.46. The Bertz CT molecular complexity index is 239. The highest BCUT2D eigenvalue weighted by molar-refractivity contribution is 4.91. The number of ether oxygens (including phenoxy) is 1. The van der Waals surface area contributed by atoms with E-state index in [0.29, 0.717) is 18.6 Å². The van der Waals surface area contributed by atoms with E-state index >= 15 is 0 Å². The third-order valence-electron chi connectivity index (χ3n) is 4.59. The molecule has 2 atom stereocenters. The Balaban J connectivity index is 1.63. The molecule has 0 aromatic carbocycles. The maximum absolute atomic E-state index is 8.86. The van der Waals surface area contributed by atoms with Crippen LogP contribution in [0.2, 0.25) is 0 Å². The third-order valence-corrected chi connectivity index (χ3v) is 4.59. The molecule has 1 saturated carbocycles. The molecule has 2 N–H and O–H groups in total. The zero-order valence-electron chi connectivity index (χ0n) is 11.8. The molecular formula is C15H29NO2. The molecule has 0 amide bonds. The van der Waals surface area contributed by atoms with Crippen LogP contribution >= 0.6 is 0 Å². The molecule has 0 radical (unpaired) electrons. The minimum atomic E-state index is 0.251. The van der Waals surface area contributed by atoms with Gasteiger partial charge >= 0.3 is 0 Å². The van der Waals surface area contributed by atoms with Crippen LogP contribution in [-0.2, 0) is 4.74 Å². The van der Waals surface area contributed by atoms with Crippen molar-refractivity contribution in [2.45, 2.75) is 70.0 Å². The summed E-state index contributed by atoms with van der Waals surface area (Å²) >= 11 is 0. The molecule has 2 unspecified atom stereocenters. The molecule has 3 nitrogen and oxygen atoms in total. The van der Waals surface area contributed by atoms with Crippen LogP contribution in [0.4, 0.5) is 0 Å². The van der Waals surface area contributed by atoms with Gasteiger partial charge in [0, 0.05) is 13.2 Å². The molecule has 1 aliphatic heterocycles. The van der Waals surface area contributed by atoms with Crippen molar-refractivity contribution in [1.82, 2.24) is 5.32 Å². The SMILES string of the molecule is CC(CCO)CNCC1CCC2(CCCCC2)O1. The van der Waals surface area contributed by atoms with Crippen LogP contribution in [0, 0.1) is 5.92 Å². The van der Waals surface area contributed by atoms with E-state index in [1.54, 1.807) is 0 Å². The van der Waals surface area contributed by atoms with Gasteiger partial charge in [-0.05, 0) is 44.6 Å². The highest BCUT2D eigenvalue weighted by Gasteiger charge is 2.40. The van der Waals surface area contributed by atoms with Crippen LogP contribution in [0.15, 0.2) is 0 Å². The van der Waals surface area contributed by atoms with Crippen LogP contribution in [0.1, 0.15) is 58.3 Å². The first-order valence-corrected chi connectivity index (χ1v) is 7.73. The molecule has 0 bridgehead atoms. The van der Waals surface area contributed by atoms with Crippen LogP contribution < -0.4 is 5.32 Å². The van der Waals surface area contributed by atoms with Gasteiger partial charge in [-0.3, -0.25) is 0 Å². The third kappa shape index (κ3) is 3.94. The number of aliphatic hydroxyl groups is 1. The monoisotopic (exact) mass is 255 g/mol. The van der Waals surface area contributed by atoms with Gasteiger partial charge in [0.05, 0.1) is 11.7 Å². The fraction of sp³-hybridized carbons (Fsp3) is 1.00. The zero-order chi connectivity index (χ0) is 12.8. The lowest BCUT2D eigenvalue weighted by molar-refractivity contribution is -0.0624. The molecule has 2 aliphatic rings. The highest BCUT2D eigenvalue weighted by Crippen LogP contribution is 2.41. The summed E-state index contributed by atoms with van der Waals surface area (Å²) in [6, 6.07) is 0. The maximum atomic E-state index is 8.86. The molecule has 2 rings (SSSR count). The van der Waals surface area contributed by atoms with Gasteiger partial charge in [-0.2, -0.15) is 0 Å². The van der Waals surface area contributed by atoms with Gasteiger partial charge in [-0.25, -0.2) is 0 Å². The first-order chi connectivity index (χ1) is 8.74. The van der Waals surface area contributed by atoms with Crippen LogP contribution in [0.25, 0.3) is 0 Å². The number of aliphatic hydroxyl groups excluding tert-OH is 1. The van der Waals surface area contributed by atoms with Crippen molar-refractivity contribution in [1.29, 1.82) is 0 Å². The topological polar surface area (TPSA) is 41.5 Å². The molecule has 3 heteroatoms. The van der Waals surface area contributed by atoms with Gasteiger partial charge in [-0.15, -0.1) is 0 Å². The Morgan fingerprint density at radius 1 is 1.28 bits per heavy atom. The smallest absolute Gasteiger partial charge is 0.0708 e. The van der Waals surface area contributed by atoms with E-state index in [1.165, 1.54) is 44.9 Å². The molecule has 106 valence electrons. The molecule has 2 fully saturated rings. The minimum absolute atomic E-state index is 0.251.